The molecule has 1 aliphatic heterocycles. The lowest BCUT2D eigenvalue weighted by Gasteiger charge is -2.18. The summed E-state index contributed by atoms with van der Waals surface area (Å²) >= 11 is 0. The van der Waals surface area contributed by atoms with E-state index >= 15 is 0 Å². The number of hydrogen-bond donors (Lipinski definition) is 2. The van der Waals surface area contributed by atoms with Gasteiger partial charge in [-0.25, -0.2) is 9.97 Å². The summed E-state index contributed by atoms with van der Waals surface area (Å²) in [4.78, 5) is 9.24. The molecule has 1 saturated heterocycles. The zero-order valence-corrected chi connectivity index (χ0v) is 13.7. The van der Waals surface area contributed by atoms with Crippen LogP contribution in [0, 0.1) is 12.8 Å². The van der Waals surface area contributed by atoms with Crippen molar-refractivity contribution in [3.63, 3.8) is 0 Å². The largest absolute Gasteiger partial charge is 0.378 e. The highest BCUT2D eigenvalue weighted by Gasteiger charge is 2.24. The van der Waals surface area contributed by atoms with Crippen molar-refractivity contribution < 1.29 is 4.74 Å². The molecule has 5 heteroatoms. The predicted octanol–water partition coefficient (Wildman–Crippen LogP) is 3.01. The monoisotopic (exact) mass is 292 g/mol. The first-order chi connectivity index (χ1) is 10.2. The van der Waals surface area contributed by atoms with Gasteiger partial charge in [-0.05, 0) is 26.7 Å². The van der Waals surface area contributed by atoms with E-state index in [0.717, 1.165) is 62.0 Å². The molecule has 0 saturated carbocycles. The fraction of sp³-hybridized carbons (Fsp3) is 0.750. The van der Waals surface area contributed by atoms with Gasteiger partial charge in [-0.2, -0.15) is 0 Å². The van der Waals surface area contributed by atoms with Crippen molar-refractivity contribution >= 4 is 11.6 Å². The molecule has 2 N–H and O–H groups in total. The van der Waals surface area contributed by atoms with Crippen LogP contribution in [0.15, 0.2) is 0 Å². The van der Waals surface area contributed by atoms with Crippen molar-refractivity contribution in [2.75, 3.05) is 30.3 Å². The number of nitrogens with zero attached hydrogens (tertiary/aromatic N) is 2. The van der Waals surface area contributed by atoms with Gasteiger partial charge in [0.05, 0.1) is 6.10 Å². The number of aromatic nitrogens is 2. The van der Waals surface area contributed by atoms with Gasteiger partial charge < -0.3 is 15.4 Å². The molecule has 5 nitrogen and oxygen atoms in total. The Labute approximate surface area is 127 Å². The molecule has 2 heterocycles. The molecule has 1 aliphatic rings. The van der Waals surface area contributed by atoms with Crippen LogP contribution >= 0.6 is 0 Å². The number of ether oxygens (including phenoxy) is 1. The van der Waals surface area contributed by atoms with E-state index in [2.05, 4.69) is 48.3 Å². The summed E-state index contributed by atoms with van der Waals surface area (Å²) in [6.07, 6.45) is 3.39. The molecule has 21 heavy (non-hydrogen) atoms. The van der Waals surface area contributed by atoms with Gasteiger partial charge in [-0.15, -0.1) is 0 Å². The van der Waals surface area contributed by atoms with Gasteiger partial charge in [0.1, 0.15) is 17.5 Å². The quantitative estimate of drug-likeness (QED) is 0.809. The summed E-state index contributed by atoms with van der Waals surface area (Å²) in [5.41, 5.74) is 1.10. The Bertz CT molecular complexity index is 464. The Balaban J connectivity index is 2.09. The highest BCUT2D eigenvalue weighted by atomic mass is 16.5. The van der Waals surface area contributed by atoms with Crippen LogP contribution in [0.1, 0.15) is 45.0 Å². The number of anilines is 2. The molecule has 118 valence electrons. The van der Waals surface area contributed by atoms with Crippen molar-refractivity contribution in [2.45, 2.75) is 53.1 Å². The Kier molecular flexibility index (Phi) is 5.79. The van der Waals surface area contributed by atoms with E-state index in [9.17, 15) is 0 Å². The number of hydrogen-bond acceptors (Lipinski definition) is 5. The third kappa shape index (κ3) is 4.06. The summed E-state index contributed by atoms with van der Waals surface area (Å²) in [5.74, 6) is 3.37. The molecular formula is C16H28N4O. The molecule has 0 amide bonds. The third-order valence-electron chi connectivity index (χ3n) is 4.12. The third-order valence-corrected chi connectivity index (χ3v) is 4.12. The van der Waals surface area contributed by atoms with Crippen molar-refractivity contribution in [2.24, 2.45) is 5.92 Å². The summed E-state index contributed by atoms with van der Waals surface area (Å²) in [6, 6.07) is 0. The summed E-state index contributed by atoms with van der Waals surface area (Å²) < 4.78 is 5.62. The SMILES string of the molecule is CCCNc1nc(CC)nc(NCC2CCOC2C)c1C. The predicted molar refractivity (Wildman–Crippen MR) is 86.9 cm³/mol. The van der Waals surface area contributed by atoms with Crippen LogP contribution in [-0.4, -0.2) is 35.8 Å². The smallest absolute Gasteiger partial charge is 0.134 e. The Hall–Kier alpha value is -1.36. The first-order valence-corrected chi connectivity index (χ1v) is 8.12. The van der Waals surface area contributed by atoms with E-state index in [-0.39, 0.29) is 0 Å². The van der Waals surface area contributed by atoms with Crippen molar-refractivity contribution in [1.29, 1.82) is 0 Å². The zero-order valence-electron chi connectivity index (χ0n) is 13.7. The van der Waals surface area contributed by atoms with Crippen LogP contribution in [0.25, 0.3) is 0 Å². The topological polar surface area (TPSA) is 59.1 Å². The molecule has 1 fully saturated rings. The van der Waals surface area contributed by atoms with E-state index in [1.807, 2.05) is 0 Å². The van der Waals surface area contributed by atoms with E-state index in [4.69, 9.17) is 4.74 Å². The van der Waals surface area contributed by atoms with Gasteiger partial charge in [0.2, 0.25) is 0 Å². The van der Waals surface area contributed by atoms with Gasteiger partial charge in [0, 0.05) is 37.6 Å². The van der Waals surface area contributed by atoms with E-state index in [1.54, 1.807) is 0 Å². The van der Waals surface area contributed by atoms with Crippen LogP contribution in [0.3, 0.4) is 0 Å². The molecule has 2 unspecified atom stereocenters. The molecule has 0 aliphatic carbocycles. The van der Waals surface area contributed by atoms with Gasteiger partial charge in [0.15, 0.2) is 0 Å². The first kappa shape index (κ1) is 16.0. The minimum Gasteiger partial charge on any atom is -0.378 e. The van der Waals surface area contributed by atoms with Gasteiger partial charge >= 0.3 is 0 Å². The standard InChI is InChI=1S/C16H28N4O/c1-5-8-17-15-11(3)16(20-14(6-2)19-15)18-10-13-7-9-21-12(13)4/h12-13H,5-10H2,1-4H3,(H2,17,18,19,20). The minimum absolute atomic E-state index is 0.336. The zero-order chi connectivity index (χ0) is 15.2. The van der Waals surface area contributed by atoms with Crippen molar-refractivity contribution in [1.82, 2.24) is 9.97 Å². The lowest BCUT2D eigenvalue weighted by atomic mass is 10.0. The molecule has 0 aromatic carbocycles. The summed E-state index contributed by atoms with van der Waals surface area (Å²) in [5, 5.41) is 6.90. The average Bonchev–Trinajstić information content (AvgIpc) is 2.90. The normalized spacial score (nSPS) is 21.5. The molecule has 2 rings (SSSR count). The molecule has 0 spiro atoms. The number of rotatable bonds is 7. The Morgan fingerprint density at radius 3 is 2.48 bits per heavy atom. The van der Waals surface area contributed by atoms with Crippen LogP contribution < -0.4 is 10.6 Å². The number of aryl methyl sites for hydroxylation is 1. The Morgan fingerprint density at radius 1 is 1.19 bits per heavy atom. The van der Waals surface area contributed by atoms with Gasteiger partial charge in [-0.3, -0.25) is 0 Å². The van der Waals surface area contributed by atoms with Crippen LogP contribution in [0.5, 0.6) is 0 Å². The average molecular weight is 292 g/mol. The van der Waals surface area contributed by atoms with Crippen LogP contribution in [0.4, 0.5) is 11.6 Å². The van der Waals surface area contributed by atoms with E-state index in [1.165, 1.54) is 0 Å². The molecule has 1 aromatic heterocycles. The van der Waals surface area contributed by atoms with Crippen molar-refractivity contribution in [3.8, 4) is 0 Å². The minimum atomic E-state index is 0.336. The molecule has 0 bridgehead atoms. The van der Waals surface area contributed by atoms with Crippen LogP contribution in [-0.2, 0) is 11.2 Å². The van der Waals surface area contributed by atoms with E-state index < -0.39 is 0 Å². The fourth-order valence-electron chi connectivity index (χ4n) is 2.58. The lowest BCUT2D eigenvalue weighted by molar-refractivity contribution is 0.108. The molecule has 2 atom stereocenters. The van der Waals surface area contributed by atoms with Gasteiger partial charge in [-0.1, -0.05) is 13.8 Å². The van der Waals surface area contributed by atoms with Gasteiger partial charge in [0.25, 0.3) is 0 Å². The molecule has 1 aromatic rings. The van der Waals surface area contributed by atoms with Crippen LogP contribution in [0.2, 0.25) is 0 Å². The van der Waals surface area contributed by atoms with Crippen molar-refractivity contribution in [3.05, 3.63) is 11.4 Å². The second-order valence-electron chi connectivity index (χ2n) is 5.75. The maximum absolute atomic E-state index is 5.62. The summed E-state index contributed by atoms with van der Waals surface area (Å²) in [6.45, 7) is 11.2. The fourth-order valence-corrected chi connectivity index (χ4v) is 2.58. The maximum atomic E-state index is 5.62. The maximum Gasteiger partial charge on any atom is 0.134 e. The molecule has 0 radical (unpaired) electrons. The first-order valence-electron chi connectivity index (χ1n) is 8.12. The lowest BCUT2D eigenvalue weighted by Crippen LogP contribution is -2.22. The second-order valence-corrected chi connectivity index (χ2v) is 5.75. The Morgan fingerprint density at radius 2 is 1.90 bits per heavy atom. The number of nitrogens with one attached hydrogen (secondary N) is 2. The van der Waals surface area contributed by atoms with E-state index in [0.29, 0.717) is 12.0 Å². The highest BCUT2D eigenvalue weighted by Crippen LogP contribution is 2.24. The second kappa shape index (κ2) is 7.59. The molecular weight excluding hydrogens is 264 g/mol. The summed E-state index contributed by atoms with van der Waals surface area (Å²) in [7, 11) is 0. The highest BCUT2D eigenvalue weighted by molar-refractivity contribution is 5.57.